The number of rotatable bonds is 2. The van der Waals surface area contributed by atoms with E-state index in [2.05, 4.69) is 0 Å². The third-order valence-corrected chi connectivity index (χ3v) is 0.861. The highest BCUT2D eigenvalue weighted by Gasteiger charge is 2.13. The molecule has 0 aliphatic carbocycles. The van der Waals surface area contributed by atoms with Gasteiger partial charge in [-0.1, -0.05) is 0 Å². The number of allylic oxidation sites excluding steroid dienone is 1. The number of carbonyl (C=O) groups excluding carboxylic acids is 2. The van der Waals surface area contributed by atoms with Crippen LogP contribution < -0.4 is 0 Å². The average Bonchev–Trinajstić information content (AvgIpc) is 1.79. The number of hydrogen-bond acceptors (Lipinski definition) is 3. The van der Waals surface area contributed by atoms with Crippen molar-refractivity contribution in [3.63, 3.8) is 0 Å². The Morgan fingerprint density at radius 3 is 2.00 bits per heavy atom. The molecule has 3 nitrogen and oxygen atoms in total. The Bertz CT molecular complexity index is 208. The largest absolute Gasteiger partial charge is 0.457 e. The second-order valence-corrected chi connectivity index (χ2v) is 3.48. The maximum atomic E-state index is 10.9. The van der Waals surface area contributed by atoms with E-state index in [0.717, 1.165) is 6.08 Å². The van der Waals surface area contributed by atoms with Crippen LogP contribution in [0.1, 0.15) is 27.7 Å². The zero-order valence-electron chi connectivity index (χ0n) is 7.88. The Morgan fingerprint density at radius 1 is 1.17 bits per heavy atom. The molecule has 0 amide bonds. The Morgan fingerprint density at radius 2 is 1.67 bits per heavy atom. The molecule has 3 heteroatoms. The third kappa shape index (κ3) is 6.99. The summed E-state index contributed by atoms with van der Waals surface area (Å²) < 4.78 is 4.91. The van der Waals surface area contributed by atoms with Crippen molar-refractivity contribution in [2.75, 3.05) is 0 Å². The number of hydrogen-bond donors (Lipinski definition) is 0. The van der Waals surface area contributed by atoms with Crippen LogP contribution in [0, 0.1) is 0 Å². The van der Waals surface area contributed by atoms with Crippen LogP contribution in [0.3, 0.4) is 0 Å². The molecule has 0 spiro atoms. The van der Waals surface area contributed by atoms with Crippen molar-refractivity contribution >= 4 is 11.8 Å². The molecule has 0 saturated heterocycles. The lowest BCUT2D eigenvalue weighted by molar-refractivity contribution is -0.148. The van der Waals surface area contributed by atoms with Crippen molar-refractivity contribution in [1.82, 2.24) is 0 Å². The molecule has 0 aromatic carbocycles. The minimum Gasteiger partial charge on any atom is -0.457 e. The van der Waals surface area contributed by atoms with Gasteiger partial charge in [-0.25, -0.2) is 4.79 Å². The first-order valence-electron chi connectivity index (χ1n) is 3.73. The lowest BCUT2D eigenvalue weighted by Gasteiger charge is -2.17. The second-order valence-electron chi connectivity index (χ2n) is 3.48. The fourth-order valence-electron chi connectivity index (χ4n) is 0.521. The summed E-state index contributed by atoms with van der Waals surface area (Å²) in [6, 6.07) is 0. The van der Waals surface area contributed by atoms with Crippen LogP contribution in [0.4, 0.5) is 0 Å². The topological polar surface area (TPSA) is 43.4 Å². The highest BCUT2D eigenvalue weighted by molar-refractivity contribution is 5.94. The molecular weight excluding hydrogens is 156 g/mol. The van der Waals surface area contributed by atoms with E-state index in [-0.39, 0.29) is 5.78 Å². The SMILES string of the molecule is CC(=O)C=CC(=O)OC(C)(C)C. The molecule has 0 aromatic heterocycles. The van der Waals surface area contributed by atoms with E-state index in [0.29, 0.717) is 0 Å². The molecule has 0 atom stereocenters. The molecule has 68 valence electrons. The molecule has 0 bridgehead atoms. The molecular formula is C9H14O3. The van der Waals surface area contributed by atoms with Crippen LogP contribution in [0.25, 0.3) is 0 Å². The standard InChI is InChI=1S/C9H14O3/c1-7(10)5-6-8(11)12-9(2,3)4/h5-6H,1-4H3. The van der Waals surface area contributed by atoms with Crippen LogP contribution >= 0.6 is 0 Å². The van der Waals surface area contributed by atoms with Gasteiger partial charge in [0.2, 0.25) is 0 Å². The van der Waals surface area contributed by atoms with E-state index in [1.54, 1.807) is 20.8 Å². The highest BCUT2D eigenvalue weighted by Crippen LogP contribution is 2.06. The quantitative estimate of drug-likeness (QED) is 0.465. The van der Waals surface area contributed by atoms with Crippen molar-refractivity contribution in [3.8, 4) is 0 Å². The van der Waals surface area contributed by atoms with Gasteiger partial charge in [0.05, 0.1) is 0 Å². The van der Waals surface area contributed by atoms with E-state index in [1.165, 1.54) is 13.0 Å². The Labute approximate surface area is 72.4 Å². The van der Waals surface area contributed by atoms with Crippen molar-refractivity contribution in [3.05, 3.63) is 12.2 Å². The number of ether oxygens (including phenoxy) is 1. The predicted molar refractivity (Wildman–Crippen MR) is 45.7 cm³/mol. The lowest BCUT2D eigenvalue weighted by Crippen LogP contribution is -2.22. The van der Waals surface area contributed by atoms with Gasteiger partial charge in [-0.15, -0.1) is 0 Å². The molecule has 0 saturated carbocycles. The smallest absolute Gasteiger partial charge is 0.331 e. The summed E-state index contributed by atoms with van der Waals surface area (Å²) in [5, 5.41) is 0. The molecule has 0 radical (unpaired) electrons. The van der Waals surface area contributed by atoms with Crippen LogP contribution in [0.5, 0.6) is 0 Å². The Hall–Kier alpha value is -1.12. The predicted octanol–water partition coefficient (Wildman–Crippen LogP) is 1.47. The third-order valence-electron chi connectivity index (χ3n) is 0.861. The summed E-state index contributed by atoms with van der Waals surface area (Å²) in [7, 11) is 0. The molecule has 0 unspecified atom stereocenters. The number of ketones is 1. The molecule has 0 N–H and O–H groups in total. The van der Waals surface area contributed by atoms with Gasteiger partial charge in [-0.3, -0.25) is 4.79 Å². The maximum Gasteiger partial charge on any atom is 0.331 e. The minimum atomic E-state index is -0.502. The van der Waals surface area contributed by atoms with Crippen molar-refractivity contribution in [2.24, 2.45) is 0 Å². The van der Waals surface area contributed by atoms with Crippen LogP contribution in [-0.2, 0) is 14.3 Å². The first kappa shape index (κ1) is 10.9. The molecule has 0 heterocycles. The second kappa shape index (κ2) is 4.04. The van der Waals surface area contributed by atoms with Gasteiger partial charge in [-0.05, 0) is 33.8 Å². The number of carbonyl (C=O) groups is 2. The molecule has 0 aliphatic rings. The fraction of sp³-hybridized carbons (Fsp3) is 0.556. The Kier molecular flexibility index (Phi) is 3.67. The normalized spacial score (nSPS) is 11.7. The van der Waals surface area contributed by atoms with Crippen LogP contribution in [0.2, 0.25) is 0 Å². The first-order valence-corrected chi connectivity index (χ1v) is 3.73. The van der Waals surface area contributed by atoms with E-state index >= 15 is 0 Å². The van der Waals surface area contributed by atoms with Gasteiger partial charge in [0.25, 0.3) is 0 Å². The molecule has 0 fully saturated rings. The van der Waals surface area contributed by atoms with E-state index < -0.39 is 11.6 Å². The van der Waals surface area contributed by atoms with Gasteiger partial charge >= 0.3 is 5.97 Å². The summed E-state index contributed by atoms with van der Waals surface area (Å²) in [6.07, 6.45) is 2.32. The van der Waals surface area contributed by atoms with Gasteiger partial charge in [0.1, 0.15) is 5.60 Å². The van der Waals surface area contributed by atoms with E-state index in [9.17, 15) is 9.59 Å². The summed E-state index contributed by atoms with van der Waals surface area (Å²) in [6.45, 7) is 6.69. The number of esters is 1. The van der Waals surface area contributed by atoms with E-state index in [1.807, 2.05) is 0 Å². The van der Waals surface area contributed by atoms with Crippen LogP contribution in [0.15, 0.2) is 12.2 Å². The molecule has 0 rings (SSSR count). The summed E-state index contributed by atoms with van der Waals surface area (Å²) in [4.78, 5) is 21.3. The maximum absolute atomic E-state index is 10.9. The Balaban J connectivity index is 3.99. The van der Waals surface area contributed by atoms with Crippen LogP contribution in [-0.4, -0.2) is 17.4 Å². The van der Waals surface area contributed by atoms with Gasteiger partial charge in [0.15, 0.2) is 5.78 Å². The monoisotopic (exact) mass is 170 g/mol. The average molecular weight is 170 g/mol. The van der Waals surface area contributed by atoms with Gasteiger partial charge in [0, 0.05) is 6.08 Å². The van der Waals surface area contributed by atoms with Gasteiger partial charge < -0.3 is 4.74 Å². The van der Waals surface area contributed by atoms with E-state index in [4.69, 9.17) is 4.74 Å². The zero-order chi connectivity index (χ0) is 9.78. The molecule has 0 aromatic rings. The van der Waals surface area contributed by atoms with Crippen molar-refractivity contribution < 1.29 is 14.3 Å². The minimum absolute atomic E-state index is 0.166. The van der Waals surface area contributed by atoms with Gasteiger partial charge in [-0.2, -0.15) is 0 Å². The van der Waals surface area contributed by atoms with Crippen molar-refractivity contribution in [1.29, 1.82) is 0 Å². The fourth-order valence-corrected chi connectivity index (χ4v) is 0.521. The van der Waals surface area contributed by atoms with Crippen molar-refractivity contribution in [2.45, 2.75) is 33.3 Å². The zero-order valence-corrected chi connectivity index (χ0v) is 7.88. The first-order chi connectivity index (χ1) is 5.31. The molecule has 12 heavy (non-hydrogen) atoms. The lowest BCUT2D eigenvalue weighted by atomic mass is 10.2. The highest BCUT2D eigenvalue weighted by atomic mass is 16.6. The summed E-state index contributed by atoms with van der Waals surface area (Å²) in [5.74, 6) is -0.654. The summed E-state index contributed by atoms with van der Waals surface area (Å²) >= 11 is 0. The molecule has 0 aliphatic heterocycles. The summed E-state index contributed by atoms with van der Waals surface area (Å²) in [5.41, 5.74) is -0.502.